The predicted octanol–water partition coefficient (Wildman–Crippen LogP) is 3.23. The molecule has 0 saturated carbocycles. The number of imidazole rings is 1. The number of carbonyl (C=O) groups excluding carboxylic acids is 1. The minimum Gasteiger partial charge on any atom is -0.324 e. The third-order valence-electron chi connectivity index (χ3n) is 4.02. The van der Waals surface area contributed by atoms with E-state index in [2.05, 4.69) is 28.1 Å². The van der Waals surface area contributed by atoms with E-state index in [4.69, 9.17) is 0 Å². The monoisotopic (exact) mass is 277 g/mol. The Morgan fingerprint density at radius 3 is 2.86 bits per heavy atom. The minimum absolute atomic E-state index is 0.613. The molecule has 0 spiro atoms. The van der Waals surface area contributed by atoms with Crippen LogP contribution in [-0.4, -0.2) is 22.2 Å². The molecule has 4 heteroatoms. The summed E-state index contributed by atoms with van der Waals surface area (Å²) >= 11 is 0. The molecule has 4 nitrogen and oxygen atoms in total. The second kappa shape index (κ2) is 4.74. The van der Waals surface area contributed by atoms with Crippen LogP contribution in [0.5, 0.6) is 0 Å². The predicted molar refractivity (Wildman–Crippen MR) is 82.3 cm³/mol. The number of rotatable bonds is 2. The van der Waals surface area contributed by atoms with Gasteiger partial charge >= 0.3 is 0 Å². The summed E-state index contributed by atoms with van der Waals surface area (Å²) in [5, 5.41) is 0. The van der Waals surface area contributed by atoms with Crippen molar-refractivity contribution in [3.63, 3.8) is 0 Å². The Labute approximate surface area is 122 Å². The first-order chi connectivity index (χ1) is 10.4. The average Bonchev–Trinajstić information content (AvgIpc) is 2.92. The van der Waals surface area contributed by atoms with Crippen molar-refractivity contribution in [3.8, 4) is 0 Å². The standard InChI is InChI=1S/C17H15N3O/c21-12-15-17(18-16-9-3-4-10-19(15)16)20-11-5-7-13-6-1-2-8-14(13)20/h1-4,6,8-10,12H,5,7,11H2. The Morgan fingerprint density at radius 1 is 1.10 bits per heavy atom. The fraction of sp³-hybridized carbons (Fsp3) is 0.176. The van der Waals surface area contributed by atoms with Gasteiger partial charge in [-0.2, -0.15) is 0 Å². The van der Waals surface area contributed by atoms with Gasteiger partial charge in [-0.3, -0.25) is 9.20 Å². The quantitative estimate of drug-likeness (QED) is 0.675. The Hall–Kier alpha value is -2.62. The van der Waals surface area contributed by atoms with E-state index in [-0.39, 0.29) is 0 Å². The Morgan fingerprint density at radius 2 is 1.95 bits per heavy atom. The number of benzene rings is 1. The third kappa shape index (κ3) is 1.83. The highest BCUT2D eigenvalue weighted by Gasteiger charge is 2.23. The molecule has 21 heavy (non-hydrogen) atoms. The Balaban J connectivity index is 1.93. The lowest BCUT2D eigenvalue weighted by atomic mass is 10.0. The third-order valence-corrected chi connectivity index (χ3v) is 4.02. The van der Waals surface area contributed by atoms with Crippen molar-refractivity contribution in [3.05, 3.63) is 59.9 Å². The molecule has 104 valence electrons. The summed E-state index contributed by atoms with van der Waals surface area (Å²) in [6.45, 7) is 0.891. The second-order valence-electron chi connectivity index (χ2n) is 5.25. The van der Waals surface area contributed by atoms with Crippen molar-refractivity contribution in [2.45, 2.75) is 12.8 Å². The number of hydrogen-bond donors (Lipinski definition) is 0. The maximum absolute atomic E-state index is 11.6. The lowest BCUT2D eigenvalue weighted by Gasteiger charge is -2.29. The van der Waals surface area contributed by atoms with Gasteiger partial charge in [-0.25, -0.2) is 4.98 Å². The molecular formula is C17H15N3O. The van der Waals surface area contributed by atoms with E-state index in [1.165, 1.54) is 5.56 Å². The molecule has 2 aromatic heterocycles. The summed E-state index contributed by atoms with van der Waals surface area (Å²) in [6.07, 6.45) is 4.93. The lowest BCUT2D eigenvalue weighted by Crippen LogP contribution is -2.25. The first kappa shape index (κ1) is 12.1. The van der Waals surface area contributed by atoms with Gasteiger partial charge in [0.2, 0.25) is 0 Å². The van der Waals surface area contributed by atoms with Crippen molar-refractivity contribution in [2.24, 2.45) is 0 Å². The number of nitrogens with zero attached hydrogens (tertiary/aromatic N) is 3. The topological polar surface area (TPSA) is 37.6 Å². The van der Waals surface area contributed by atoms with E-state index in [9.17, 15) is 4.79 Å². The first-order valence-electron chi connectivity index (χ1n) is 7.16. The number of hydrogen-bond acceptors (Lipinski definition) is 3. The first-order valence-corrected chi connectivity index (χ1v) is 7.16. The molecule has 0 bridgehead atoms. The summed E-state index contributed by atoms with van der Waals surface area (Å²) < 4.78 is 1.85. The normalized spacial score (nSPS) is 14.2. The van der Waals surface area contributed by atoms with Crippen LogP contribution in [0, 0.1) is 0 Å². The molecule has 1 aliphatic rings. The zero-order chi connectivity index (χ0) is 14.2. The number of aryl methyl sites for hydroxylation is 1. The maximum atomic E-state index is 11.6. The van der Waals surface area contributed by atoms with Crippen LogP contribution in [0.15, 0.2) is 48.7 Å². The number of aldehydes is 1. The summed E-state index contributed by atoms with van der Waals surface area (Å²) in [5.74, 6) is 0.753. The van der Waals surface area contributed by atoms with E-state index in [1.54, 1.807) is 0 Å². The van der Waals surface area contributed by atoms with Crippen LogP contribution < -0.4 is 4.90 Å². The number of para-hydroxylation sites is 1. The fourth-order valence-electron chi connectivity index (χ4n) is 3.06. The summed E-state index contributed by atoms with van der Waals surface area (Å²) in [7, 11) is 0. The molecule has 3 aromatic rings. The van der Waals surface area contributed by atoms with E-state index in [0.717, 1.165) is 42.8 Å². The van der Waals surface area contributed by atoms with Gasteiger partial charge in [-0.05, 0) is 36.6 Å². The molecule has 0 fully saturated rings. The molecule has 0 atom stereocenters. The van der Waals surface area contributed by atoms with Crippen molar-refractivity contribution >= 4 is 23.4 Å². The number of anilines is 2. The summed E-state index contributed by atoms with van der Waals surface area (Å²) in [4.78, 5) is 18.4. The number of carbonyl (C=O) groups is 1. The summed E-state index contributed by atoms with van der Waals surface area (Å²) in [6, 6.07) is 14.1. The molecule has 0 aliphatic carbocycles. The molecule has 0 saturated heterocycles. The van der Waals surface area contributed by atoms with Crippen molar-refractivity contribution in [1.82, 2.24) is 9.38 Å². The molecule has 0 N–H and O–H groups in total. The van der Waals surface area contributed by atoms with Crippen LogP contribution in [-0.2, 0) is 6.42 Å². The fourth-order valence-corrected chi connectivity index (χ4v) is 3.06. The highest BCUT2D eigenvalue weighted by molar-refractivity contribution is 5.86. The Bertz CT molecular complexity index is 822. The average molecular weight is 277 g/mol. The minimum atomic E-state index is 0.613. The summed E-state index contributed by atoms with van der Waals surface area (Å²) in [5.41, 5.74) is 3.90. The number of pyridine rings is 1. The maximum Gasteiger partial charge on any atom is 0.170 e. The van der Waals surface area contributed by atoms with E-state index < -0.39 is 0 Å². The van der Waals surface area contributed by atoms with E-state index in [1.807, 2.05) is 34.9 Å². The zero-order valence-corrected chi connectivity index (χ0v) is 11.6. The van der Waals surface area contributed by atoms with E-state index >= 15 is 0 Å². The van der Waals surface area contributed by atoms with Gasteiger partial charge < -0.3 is 4.90 Å². The highest BCUT2D eigenvalue weighted by Crippen LogP contribution is 2.34. The van der Waals surface area contributed by atoms with Crippen molar-refractivity contribution in [2.75, 3.05) is 11.4 Å². The van der Waals surface area contributed by atoms with Gasteiger partial charge in [0.25, 0.3) is 0 Å². The lowest BCUT2D eigenvalue weighted by molar-refractivity contribution is 0.111. The van der Waals surface area contributed by atoms with Crippen LogP contribution in [0.3, 0.4) is 0 Å². The molecule has 1 aliphatic heterocycles. The van der Waals surface area contributed by atoms with Crippen molar-refractivity contribution < 1.29 is 4.79 Å². The molecule has 1 aromatic carbocycles. The van der Waals surface area contributed by atoms with Gasteiger partial charge in [0.1, 0.15) is 11.3 Å². The van der Waals surface area contributed by atoms with E-state index in [0.29, 0.717) is 5.69 Å². The molecule has 0 radical (unpaired) electrons. The molecule has 3 heterocycles. The van der Waals surface area contributed by atoms with Gasteiger partial charge in [-0.15, -0.1) is 0 Å². The van der Waals surface area contributed by atoms with Crippen LogP contribution in [0.25, 0.3) is 5.65 Å². The molecule has 0 unspecified atom stereocenters. The molecule has 0 amide bonds. The number of aromatic nitrogens is 2. The van der Waals surface area contributed by atoms with Crippen LogP contribution in [0.4, 0.5) is 11.5 Å². The van der Waals surface area contributed by atoms with Gasteiger partial charge in [0, 0.05) is 18.4 Å². The van der Waals surface area contributed by atoms with Crippen LogP contribution in [0.2, 0.25) is 0 Å². The van der Waals surface area contributed by atoms with Crippen LogP contribution >= 0.6 is 0 Å². The molecular weight excluding hydrogens is 262 g/mol. The van der Waals surface area contributed by atoms with Gasteiger partial charge in [0.05, 0.1) is 0 Å². The van der Waals surface area contributed by atoms with Crippen LogP contribution in [0.1, 0.15) is 22.5 Å². The second-order valence-corrected chi connectivity index (χ2v) is 5.25. The van der Waals surface area contributed by atoms with Crippen molar-refractivity contribution in [1.29, 1.82) is 0 Å². The largest absolute Gasteiger partial charge is 0.324 e. The smallest absolute Gasteiger partial charge is 0.170 e. The Kier molecular flexibility index (Phi) is 2.74. The number of fused-ring (bicyclic) bond motifs is 2. The molecule has 4 rings (SSSR count). The SMILES string of the molecule is O=Cc1c(N2CCCc3ccccc32)nc2ccccn12. The van der Waals surface area contributed by atoms with Gasteiger partial charge in [-0.1, -0.05) is 24.3 Å². The zero-order valence-electron chi connectivity index (χ0n) is 11.6. The highest BCUT2D eigenvalue weighted by atomic mass is 16.1. The van der Waals surface area contributed by atoms with Gasteiger partial charge in [0.15, 0.2) is 12.1 Å².